The van der Waals surface area contributed by atoms with E-state index in [1.165, 1.54) is 18.4 Å². The van der Waals surface area contributed by atoms with Gasteiger partial charge in [0.05, 0.1) is 13.2 Å². The first-order valence-corrected chi connectivity index (χ1v) is 5.64. The highest BCUT2D eigenvalue weighted by Gasteiger charge is 2.23. The zero-order chi connectivity index (χ0) is 11.7. The van der Waals surface area contributed by atoms with Crippen molar-refractivity contribution in [1.82, 2.24) is 4.57 Å². The third kappa shape index (κ3) is 1.56. The molecule has 0 aromatic carbocycles. The van der Waals surface area contributed by atoms with Crippen molar-refractivity contribution >= 4 is 5.97 Å². The number of ether oxygens (including phenoxy) is 1. The van der Waals surface area contributed by atoms with E-state index in [-0.39, 0.29) is 5.97 Å². The fourth-order valence-electron chi connectivity index (χ4n) is 2.17. The zero-order valence-corrected chi connectivity index (χ0v) is 9.99. The van der Waals surface area contributed by atoms with E-state index in [0.717, 1.165) is 12.8 Å². The molecule has 86 valence electrons. The van der Waals surface area contributed by atoms with Gasteiger partial charge in [0, 0.05) is 5.69 Å². The van der Waals surface area contributed by atoms with E-state index in [2.05, 4.69) is 30.6 Å². The smallest absolute Gasteiger partial charge is 0.354 e. The molecule has 1 unspecified atom stereocenters. The Labute approximate surface area is 95.7 Å². The van der Waals surface area contributed by atoms with Gasteiger partial charge in [0.25, 0.3) is 0 Å². The number of allylic oxidation sites excluding steroid dienone is 2. The summed E-state index contributed by atoms with van der Waals surface area (Å²) in [6.45, 7) is 4.17. The van der Waals surface area contributed by atoms with Crippen LogP contribution in [0.4, 0.5) is 0 Å². The van der Waals surface area contributed by atoms with Gasteiger partial charge in [-0.1, -0.05) is 19.1 Å². The number of esters is 1. The molecule has 1 heterocycles. The Kier molecular flexibility index (Phi) is 2.86. The van der Waals surface area contributed by atoms with E-state index in [1.807, 2.05) is 6.07 Å². The van der Waals surface area contributed by atoms with E-state index in [9.17, 15) is 4.79 Å². The largest absolute Gasteiger partial charge is 0.464 e. The van der Waals surface area contributed by atoms with Gasteiger partial charge in [0.1, 0.15) is 5.69 Å². The Bertz CT molecular complexity index is 443. The van der Waals surface area contributed by atoms with Crippen LogP contribution >= 0.6 is 0 Å². The van der Waals surface area contributed by atoms with Gasteiger partial charge < -0.3 is 9.30 Å². The number of carbonyl (C=O) groups excluding carboxylic acids is 1. The second-order valence-corrected chi connectivity index (χ2v) is 4.09. The van der Waals surface area contributed by atoms with Crippen LogP contribution in [0, 0.1) is 6.92 Å². The number of nitrogens with zero attached hydrogens (tertiary/aromatic N) is 1. The fourth-order valence-corrected chi connectivity index (χ4v) is 2.17. The van der Waals surface area contributed by atoms with Crippen LogP contribution in [0.25, 0.3) is 0 Å². The lowest BCUT2D eigenvalue weighted by Gasteiger charge is -2.23. The van der Waals surface area contributed by atoms with E-state index in [1.54, 1.807) is 0 Å². The van der Waals surface area contributed by atoms with E-state index < -0.39 is 0 Å². The van der Waals surface area contributed by atoms with Crippen molar-refractivity contribution in [1.29, 1.82) is 0 Å². The molecule has 2 rings (SSSR count). The van der Waals surface area contributed by atoms with Crippen molar-refractivity contribution in [2.45, 2.75) is 32.7 Å². The topological polar surface area (TPSA) is 31.2 Å². The van der Waals surface area contributed by atoms with E-state index in [4.69, 9.17) is 4.74 Å². The minimum Gasteiger partial charge on any atom is -0.464 e. The first-order chi connectivity index (χ1) is 7.69. The molecule has 0 saturated heterocycles. The lowest BCUT2D eigenvalue weighted by Crippen LogP contribution is -2.18. The SMILES string of the molecule is CCc1cc(C(=O)OC)n(C2C=CC2)c1C. The van der Waals surface area contributed by atoms with Crippen LogP contribution in [0.2, 0.25) is 0 Å². The number of hydrogen-bond acceptors (Lipinski definition) is 2. The van der Waals surface area contributed by atoms with Gasteiger partial charge in [-0.25, -0.2) is 4.79 Å². The highest BCUT2D eigenvalue weighted by atomic mass is 16.5. The van der Waals surface area contributed by atoms with Gasteiger partial charge >= 0.3 is 5.97 Å². The number of methoxy groups -OCH3 is 1. The molecule has 0 radical (unpaired) electrons. The Morgan fingerprint density at radius 3 is 2.75 bits per heavy atom. The molecule has 0 aliphatic heterocycles. The normalized spacial score (nSPS) is 18.3. The lowest BCUT2D eigenvalue weighted by molar-refractivity contribution is 0.0586. The van der Waals surface area contributed by atoms with Gasteiger partial charge in [-0.15, -0.1) is 0 Å². The quantitative estimate of drug-likeness (QED) is 0.578. The third-order valence-corrected chi connectivity index (χ3v) is 3.24. The van der Waals surface area contributed by atoms with Crippen molar-refractivity contribution in [2.75, 3.05) is 7.11 Å². The summed E-state index contributed by atoms with van der Waals surface area (Å²) in [6.07, 6.45) is 6.19. The molecule has 1 aromatic rings. The summed E-state index contributed by atoms with van der Waals surface area (Å²) in [5.41, 5.74) is 3.07. The van der Waals surface area contributed by atoms with Crippen LogP contribution in [-0.2, 0) is 11.2 Å². The lowest BCUT2D eigenvalue weighted by atomic mass is 10.0. The predicted octanol–water partition coefficient (Wildman–Crippen LogP) is 2.65. The Morgan fingerprint density at radius 2 is 2.31 bits per heavy atom. The average Bonchev–Trinajstić information content (AvgIpc) is 2.54. The van der Waals surface area contributed by atoms with Gasteiger partial charge in [0.2, 0.25) is 0 Å². The van der Waals surface area contributed by atoms with Crippen LogP contribution < -0.4 is 0 Å². The Hall–Kier alpha value is -1.51. The summed E-state index contributed by atoms with van der Waals surface area (Å²) in [6, 6.07) is 2.28. The highest BCUT2D eigenvalue weighted by Crippen LogP contribution is 2.29. The van der Waals surface area contributed by atoms with E-state index >= 15 is 0 Å². The second kappa shape index (κ2) is 4.16. The molecule has 0 saturated carbocycles. The summed E-state index contributed by atoms with van der Waals surface area (Å²) in [5, 5.41) is 0. The fraction of sp³-hybridized carbons (Fsp3) is 0.462. The molecule has 0 N–H and O–H groups in total. The average molecular weight is 219 g/mol. The van der Waals surface area contributed by atoms with Crippen molar-refractivity contribution in [3.63, 3.8) is 0 Å². The van der Waals surface area contributed by atoms with Crippen LogP contribution in [0.3, 0.4) is 0 Å². The highest BCUT2D eigenvalue weighted by molar-refractivity contribution is 5.88. The second-order valence-electron chi connectivity index (χ2n) is 4.09. The van der Waals surface area contributed by atoms with Crippen LogP contribution in [0.5, 0.6) is 0 Å². The molecular formula is C13H17NO2. The Balaban J connectivity index is 2.49. The molecule has 1 aliphatic rings. The summed E-state index contributed by atoms with van der Waals surface area (Å²) in [4.78, 5) is 11.7. The van der Waals surface area contributed by atoms with Crippen LogP contribution in [0.15, 0.2) is 18.2 Å². The molecule has 0 amide bonds. The van der Waals surface area contributed by atoms with Crippen molar-refractivity contribution in [2.24, 2.45) is 0 Å². The molecule has 1 aromatic heterocycles. The number of aromatic nitrogens is 1. The molecule has 1 aliphatic carbocycles. The number of hydrogen-bond donors (Lipinski definition) is 0. The molecular weight excluding hydrogens is 202 g/mol. The van der Waals surface area contributed by atoms with E-state index in [0.29, 0.717) is 11.7 Å². The van der Waals surface area contributed by atoms with Crippen LogP contribution in [0.1, 0.15) is 41.1 Å². The van der Waals surface area contributed by atoms with Crippen molar-refractivity contribution < 1.29 is 9.53 Å². The van der Waals surface area contributed by atoms with Gasteiger partial charge in [-0.05, 0) is 31.4 Å². The summed E-state index contributed by atoms with van der Waals surface area (Å²) in [5.74, 6) is -0.247. The summed E-state index contributed by atoms with van der Waals surface area (Å²) in [7, 11) is 1.43. The summed E-state index contributed by atoms with van der Waals surface area (Å²) >= 11 is 0. The first-order valence-electron chi connectivity index (χ1n) is 5.64. The van der Waals surface area contributed by atoms with Gasteiger partial charge in [0.15, 0.2) is 0 Å². The number of carbonyl (C=O) groups is 1. The van der Waals surface area contributed by atoms with Crippen molar-refractivity contribution in [3.8, 4) is 0 Å². The minimum atomic E-state index is -0.247. The molecule has 0 fully saturated rings. The predicted molar refractivity (Wildman–Crippen MR) is 62.7 cm³/mol. The van der Waals surface area contributed by atoms with Crippen molar-refractivity contribution in [3.05, 3.63) is 35.2 Å². The van der Waals surface area contributed by atoms with Gasteiger partial charge in [-0.2, -0.15) is 0 Å². The standard InChI is InChI=1S/C13H17NO2/c1-4-10-8-12(13(15)16-3)14(9(10)2)11-6-5-7-11/h5-6,8,11H,4,7H2,1-3H3. The molecule has 1 atom stereocenters. The maximum atomic E-state index is 11.7. The number of rotatable bonds is 3. The number of aryl methyl sites for hydroxylation is 1. The Morgan fingerprint density at radius 1 is 1.62 bits per heavy atom. The molecule has 3 heteroatoms. The minimum absolute atomic E-state index is 0.247. The van der Waals surface area contributed by atoms with Crippen LogP contribution in [-0.4, -0.2) is 17.6 Å². The molecule has 16 heavy (non-hydrogen) atoms. The summed E-state index contributed by atoms with van der Waals surface area (Å²) < 4.78 is 6.91. The molecule has 0 bridgehead atoms. The maximum Gasteiger partial charge on any atom is 0.354 e. The monoisotopic (exact) mass is 219 g/mol. The first kappa shape index (κ1) is 11.0. The third-order valence-electron chi connectivity index (χ3n) is 3.24. The van der Waals surface area contributed by atoms with Gasteiger partial charge in [-0.3, -0.25) is 0 Å². The molecule has 0 spiro atoms. The zero-order valence-electron chi connectivity index (χ0n) is 9.99. The maximum absolute atomic E-state index is 11.7. The molecule has 3 nitrogen and oxygen atoms in total.